The first-order valence-corrected chi connectivity index (χ1v) is 10.1. The standard InChI is InChI=1S/C17H31IO4/c1-16(2)15(18)14-19-21-17(22-20-16)12-10-8-6-4-3-5-7-9-11-13-17/h15H,3-14H2,1-2H3. The summed E-state index contributed by atoms with van der Waals surface area (Å²) in [5.74, 6) is -0.729. The Morgan fingerprint density at radius 2 is 1.23 bits per heavy atom. The maximum Gasteiger partial charge on any atom is 0.234 e. The number of hydrogen-bond acceptors (Lipinski definition) is 4. The van der Waals surface area contributed by atoms with Crippen molar-refractivity contribution < 1.29 is 19.6 Å². The zero-order valence-electron chi connectivity index (χ0n) is 14.1. The van der Waals surface area contributed by atoms with Crippen LogP contribution in [0.25, 0.3) is 0 Å². The lowest BCUT2D eigenvalue weighted by molar-refractivity contribution is -0.544. The third-order valence-electron chi connectivity index (χ3n) is 4.70. The fourth-order valence-corrected chi connectivity index (χ4v) is 3.22. The molecule has 1 saturated carbocycles. The van der Waals surface area contributed by atoms with E-state index in [-0.39, 0.29) is 9.53 Å². The molecule has 2 aliphatic rings. The van der Waals surface area contributed by atoms with Crippen molar-refractivity contribution >= 4 is 22.6 Å². The van der Waals surface area contributed by atoms with Crippen molar-refractivity contribution in [1.29, 1.82) is 0 Å². The lowest BCUT2D eigenvalue weighted by atomic mass is 9.97. The second-order valence-corrected chi connectivity index (χ2v) is 8.70. The van der Waals surface area contributed by atoms with Gasteiger partial charge in [0.15, 0.2) is 0 Å². The largest absolute Gasteiger partial charge is 0.234 e. The number of hydrogen-bond donors (Lipinski definition) is 0. The highest BCUT2D eigenvalue weighted by Gasteiger charge is 2.41. The van der Waals surface area contributed by atoms with Crippen LogP contribution in [0.5, 0.6) is 0 Å². The lowest BCUT2D eigenvalue weighted by Gasteiger charge is -2.39. The SMILES string of the molecule is CC1(C)OOC2(CCCCCCCCCCC2)OOCC1I. The molecule has 1 unspecified atom stereocenters. The molecule has 0 aromatic rings. The Labute approximate surface area is 148 Å². The molecule has 22 heavy (non-hydrogen) atoms. The third-order valence-corrected chi connectivity index (χ3v) is 6.56. The Kier molecular flexibility index (Phi) is 7.87. The van der Waals surface area contributed by atoms with Crippen LogP contribution in [0.15, 0.2) is 0 Å². The summed E-state index contributed by atoms with van der Waals surface area (Å²) in [6.07, 6.45) is 13.0. The average Bonchev–Trinajstić information content (AvgIpc) is 2.47. The van der Waals surface area contributed by atoms with Crippen molar-refractivity contribution in [2.45, 2.75) is 99.8 Å². The van der Waals surface area contributed by atoms with Crippen LogP contribution in [-0.4, -0.2) is 21.9 Å². The Morgan fingerprint density at radius 3 is 1.77 bits per heavy atom. The van der Waals surface area contributed by atoms with Gasteiger partial charge < -0.3 is 0 Å². The first-order chi connectivity index (χ1) is 10.5. The van der Waals surface area contributed by atoms with E-state index in [1.54, 1.807) is 0 Å². The maximum absolute atomic E-state index is 5.85. The summed E-state index contributed by atoms with van der Waals surface area (Å²) in [6.45, 7) is 4.61. The Morgan fingerprint density at radius 1 is 0.727 bits per heavy atom. The summed E-state index contributed by atoms with van der Waals surface area (Å²) in [5, 5.41) is 0. The van der Waals surface area contributed by atoms with E-state index in [1.807, 2.05) is 13.8 Å². The van der Waals surface area contributed by atoms with Crippen LogP contribution in [0.3, 0.4) is 0 Å². The molecule has 0 aromatic carbocycles. The van der Waals surface area contributed by atoms with Crippen LogP contribution in [0, 0.1) is 0 Å². The van der Waals surface area contributed by atoms with E-state index in [0.29, 0.717) is 6.61 Å². The van der Waals surface area contributed by atoms with Crippen LogP contribution in [0.2, 0.25) is 0 Å². The second-order valence-electron chi connectivity index (χ2n) is 7.20. The summed E-state index contributed by atoms with van der Waals surface area (Å²) in [7, 11) is 0. The molecule has 1 spiro atoms. The monoisotopic (exact) mass is 426 g/mol. The summed E-state index contributed by atoms with van der Waals surface area (Å²) < 4.78 is 0.189. The first kappa shape index (κ1) is 18.9. The van der Waals surface area contributed by atoms with Crippen LogP contribution in [0.4, 0.5) is 0 Å². The highest BCUT2D eigenvalue weighted by molar-refractivity contribution is 14.1. The predicted molar refractivity (Wildman–Crippen MR) is 94.6 cm³/mol. The summed E-state index contributed by atoms with van der Waals surface area (Å²) in [5.41, 5.74) is -0.374. The predicted octanol–water partition coefficient (Wildman–Crippen LogP) is 5.48. The highest BCUT2D eigenvalue weighted by Crippen LogP contribution is 2.35. The van der Waals surface area contributed by atoms with Gasteiger partial charge in [-0.15, -0.1) is 0 Å². The average molecular weight is 426 g/mol. The highest BCUT2D eigenvalue weighted by atomic mass is 127. The van der Waals surface area contributed by atoms with Gasteiger partial charge in [-0.2, -0.15) is 9.78 Å². The summed E-state index contributed by atoms with van der Waals surface area (Å²) in [6, 6.07) is 0. The van der Waals surface area contributed by atoms with Crippen molar-refractivity contribution in [3.63, 3.8) is 0 Å². The van der Waals surface area contributed by atoms with Gasteiger partial charge in [0.1, 0.15) is 5.60 Å². The van der Waals surface area contributed by atoms with Gasteiger partial charge in [0, 0.05) is 12.8 Å². The van der Waals surface area contributed by atoms with E-state index in [0.717, 1.165) is 25.7 Å². The molecule has 5 heteroatoms. The minimum atomic E-state index is -0.729. The van der Waals surface area contributed by atoms with E-state index >= 15 is 0 Å². The zero-order valence-corrected chi connectivity index (χ0v) is 16.2. The third kappa shape index (κ3) is 5.89. The molecular weight excluding hydrogens is 395 g/mol. The van der Waals surface area contributed by atoms with Crippen LogP contribution in [0.1, 0.15) is 84.5 Å². The van der Waals surface area contributed by atoms with Gasteiger partial charge in [-0.05, 0) is 26.7 Å². The molecule has 0 aromatic heterocycles. The smallest absolute Gasteiger partial charge is 0.232 e. The number of alkyl halides is 1. The molecule has 2 rings (SSSR count). The summed E-state index contributed by atoms with van der Waals surface area (Å²) in [4.78, 5) is 22.9. The molecular formula is C17H31IO4. The fraction of sp³-hybridized carbons (Fsp3) is 1.00. The first-order valence-electron chi connectivity index (χ1n) is 8.86. The van der Waals surface area contributed by atoms with Gasteiger partial charge in [-0.1, -0.05) is 67.5 Å². The normalized spacial score (nSPS) is 31.5. The van der Waals surface area contributed by atoms with Gasteiger partial charge in [-0.25, -0.2) is 9.78 Å². The Balaban J connectivity index is 1.98. The van der Waals surface area contributed by atoms with Crippen LogP contribution in [-0.2, 0) is 19.6 Å². The van der Waals surface area contributed by atoms with Gasteiger partial charge in [-0.3, -0.25) is 0 Å². The topological polar surface area (TPSA) is 36.9 Å². The molecule has 2 fully saturated rings. The maximum atomic E-state index is 5.85. The van der Waals surface area contributed by atoms with Crippen LogP contribution < -0.4 is 0 Å². The van der Waals surface area contributed by atoms with Crippen molar-refractivity contribution in [3.05, 3.63) is 0 Å². The lowest BCUT2D eigenvalue weighted by Crippen LogP contribution is -2.47. The van der Waals surface area contributed by atoms with Crippen molar-refractivity contribution in [1.82, 2.24) is 0 Å². The van der Waals surface area contributed by atoms with Crippen molar-refractivity contribution in [2.75, 3.05) is 6.61 Å². The molecule has 0 radical (unpaired) electrons. The molecule has 1 aliphatic heterocycles. The molecule has 4 nitrogen and oxygen atoms in total. The molecule has 1 saturated heterocycles. The molecule has 0 bridgehead atoms. The van der Waals surface area contributed by atoms with E-state index in [9.17, 15) is 0 Å². The minimum absolute atomic E-state index is 0.189. The van der Waals surface area contributed by atoms with Crippen LogP contribution >= 0.6 is 22.6 Å². The fourth-order valence-electron chi connectivity index (χ4n) is 2.97. The number of halogens is 1. The van der Waals surface area contributed by atoms with Gasteiger partial charge in [0.05, 0.1) is 10.5 Å². The molecule has 1 aliphatic carbocycles. The Hall–Kier alpha value is 0.570. The molecule has 0 N–H and O–H groups in total. The van der Waals surface area contributed by atoms with E-state index in [4.69, 9.17) is 19.6 Å². The van der Waals surface area contributed by atoms with Crippen molar-refractivity contribution in [3.8, 4) is 0 Å². The zero-order chi connectivity index (χ0) is 15.9. The van der Waals surface area contributed by atoms with Gasteiger partial charge >= 0.3 is 0 Å². The minimum Gasteiger partial charge on any atom is -0.232 e. The van der Waals surface area contributed by atoms with E-state index in [1.165, 1.54) is 44.9 Å². The molecule has 0 amide bonds. The van der Waals surface area contributed by atoms with Crippen molar-refractivity contribution in [2.24, 2.45) is 0 Å². The van der Waals surface area contributed by atoms with Gasteiger partial charge in [0.2, 0.25) is 5.79 Å². The van der Waals surface area contributed by atoms with Gasteiger partial charge in [0.25, 0.3) is 0 Å². The van der Waals surface area contributed by atoms with E-state index < -0.39 is 5.79 Å². The molecule has 130 valence electrons. The Bertz CT molecular complexity index is 310. The number of rotatable bonds is 0. The summed E-state index contributed by atoms with van der Waals surface area (Å²) >= 11 is 2.33. The molecule has 1 atom stereocenters. The quantitative estimate of drug-likeness (QED) is 0.292. The second kappa shape index (κ2) is 9.16. The van der Waals surface area contributed by atoms with E-state index in [2.05, 4.69) is 22.6 Å². The molecule has 1 heterocycles.